The Morgan fingerprint density at radius 3 is 3.00 bits per heavy atom. The van der Waals surface area contributed by atoms with Crippen LogP contribution in [0.5, 0.6) is 0 Å². The first kappa shape index (κ1) is 18.4. The molecule has 8 nitrogen and oxygen atoms in total. The first-order valence-electron chi connectivity index (χ1n) is 8.25. The molecule has 1 aromatic carbocycles. The largest absolute Gasteiger partial charge is 0.442 e. The van der Waals surface area contributed by atoms with Crippen molar-refractivity contribution in [3.8, 4) is 5.69 Å². The Bertz CT molecular complexity index is 880. The van der Waals surface area contributed by atoms with E-state index >= 15 is 0 Å². The number of oxime groups is 1. The van der Waals surface area contributed by atoms with Gasteiger partial charge in [0, 0.05) is 24.9 Å². The maximum absolute atomic E-state index is 14.6. The van der Waals surface area contributed by atoms with E-state index in [1.54, 1.807) is 35.2 Å². The molecule has 1 aromatic heterocycles. The second-order valence-corrected chi connectivity index (χ2v) is 5.96. The molecule has 1 fully saturated rings. The summed E-state index contributed by atoms with van der Waals surface area (Å²) >= 11 is 0. The number of ether oxygens (including phenoxy) is 1. The zero-order valence-corrected chi connectivity index (χ0v) is 14.9. The number of nitrogens with zero attached hydrogens (tertiary/aromatic N) is 3. The van der Waals surface area contributed by atoms with E-state index in [1.807, 2.05) is 0 Å². The summed E-state index contributed by atoms with van der Waals surface area (Å²) in [5, 5.41) is 6.26. The van der Waals surface area contributed by atoms with Crippen molar-refractivity contribution < 1.29 is 23.6 Å². The molecule has 1 unspecified atom stereocenters. The number of cyclic esters (lactones) is 1. The number of halogens is 1. The van der Waals surface area contributed by atoms with Gasteiger partial charge >= 0.3 is 6.09 Å². The average molecular weight is 374 g/mol. The zero-order chi connectivity index (χ0) is 19.4. The molecule has 0 radical (unpaired) electrons. The summed E-state index contributed by atoms with van der Waals surface area (Å²) in [6.45, 7) is 1.84. The Kier molecular flexibility index (Phi) is 5.39. The van der Waals surface area contributed by atoms with Gasteiger partial charge in [0.15, 0.2) is 0 Å². The molecule has 2 heterocycles. The van der Waals surface area contributed by atoms with Gasteiger partial charge in [-0.2, -0.15) is 0 Å². The third-order valence-electron chi connectivity index (χ3n) is 4.00. The molecule has 1 aliphatic rings. The topological polar surface area (TPSA) is 85.2 Å². The number of carbonyl (C=O) groups excluding carboxylic acids is 2. The van der Waals surface area contributed by atoms with Crippen molar-refractivity contribution in [1.82, 2.24) is 9.88 Å². The molecule has 142 valence electrons. The molecular weight excluding hydrogens is 355 g/mol. The summed E-state index contributed by atoms with van der Waals surface area (Å²) in [5.41, 5.74) is 1.47. The van der Waals surface area contributed by atoms with Crippen LogP contribution in [0.3, 0.4) is 0 Å². The van der Waals surface area contributed by atoms with Crippen molar-refractivity contribution in [3.05, 3.63) is 48.0 Å². The van der Waals surface area contributed by atoms with Gasteiger partial charge in [0.1, 0.15) is 19.0 Å². The fraction of sp³-hybridized carbons (Fsp3) is 0.278. The predicted molar refractivity (Wildman–Crippen MR) is 96.6 cm³/mol. The van der Waals surface area contributed by atoms with Crippen LogP contribution in [0.2, 0.25) is 0 Å². The molecule has 2 aromatic rings. The molecule has 3 rings (SSSR count). The lowest BCUT2D eigenvalue weighted by atomic mass is 10.2. The Balaban J connectivity index is 1.75. The lowest BCUT2D eigenvalue weighted by Crippen LogP contribution is -2.33. The van der Waals surface area contributed by atoms with Crippen LogP contribution in [0.15, 0.2) is 41.8 Å². The SMILES string of the molecule is CON=Cc1ccn(-c2ccc(N3CC(CNC(C)=O)OC3=O)cc2F)c1. The maximum Gasteiger partial charge on any atom is 0.414 e. The average Bonchev–Trinajstić information content (AvgIpc) is 3.24. The van der Waals surface area contributed by atoms with E-state index in [9.17, 15) is 14.0 Å². The van der Waals surface area contributed by atoms with Crippen molar-refractivity contribution in [2.45, 2.75) is 13.0 Å². The summed E-state index contributed by atoms with van der Waals surface area (Å²) < 4.78 is 21.4. The maximum atomic E-state index is 14.6. The quantitative estimate of drug-likeness (QED) is 0.620. The fourth-order valence-electron chi connectivity index (χ4n) is 2.72. The molecular formula is C18H19FN4O4. The lowest BCUT2D eigenvalue weighted by Gasteiger charge is -2.14. The standard InChI is InChI=1S/C18H19FN4O4/c1-12(24)20-9-15-11-23(18(25)27-15)14-3-4-17(16(19)7-14)22-6-5-13(10-22)8-21-26-2/h3-8,10,15H,9,11H2,1-2H3,(H,20,24). The van der Waals surface area contributed by atoms with Gasteiger partial charge in [-0.05, 0) is 24.3 Å². The monoisotopic (exact) mass is 374 g/mol. The van der Waals surface area contributed by atoms with Crippen LogP contribution >= 0.6 is 0 Å². The number of aromatic nitrogens is 1. The number of hydrogen-bond acceptors (Lipinski definition) is 5. The smallest absolute Gasteiger partial charge is 0.414 e. The molecule has 1 atom stereocenters. The Hall–Kier alpha value is -3.36. The second-order valence-electron chi connectivity index (χ2n) is 5.96. The Labute approximate surface area is 155 Å². The summed E-state index contributed by atoms with van der Waals surface area (Å²) in [7, 11) is 1.44. The highest BCUT2D eigenvalue weighted by molar-refractivity contribution is 5.90. The van der Waals surface area contributed by atoms with Gasteiger partial charge in [0.2, 0.25) is 5.91 Å². The van der Waals surface area contributed by atoms with Crippen LogP contribution in [0.1, 0.15) is 12.5 Å². The van der Waals surface area contributed by atoms with Crippen LogP contribution in [-0.2, 0) is 14.4 Å². The number of carbonyl (C=O) groups is 2. The Morgan fingerprint density at radius 1 is 1.48 bits per heavy atom. The third kappa shape index (κ3) is 4.25. The van der Waals surface area contributed by atoms with Crippen molar-refractivity contribution in [2.24, 2.45) is 5.16 Å². The molecule has 0 aliphatic carbocycles. The summed E-state index contributed by atoms with van der Waals surface area (Å²) in [6, 6.07) is 6.26. The number of hydrogen-bond donors (Lipinski definition) is 1. The molecule has 1 aliphatic heterocycles. The predicted octanol–water partition coefficient (Wildman–Crippen LogP) is 2.06. The van der Waals surface area contributed by atoms with Crippen LogP contribution in [0.4, 0.5) is 14.9 Å². The van der Waals surface area contributed by atoms with Crippen molar-refractivity contribution >= 4 is 23.9 Å². The van der Waals surface area contributed by atoms with E-state index < -0.39 is 18.0 Å². The van der Waals surface area contributed by atoms with Crippen LogP contribution in [0, 0.1) is 5.82 Å². The van der Waals surface area contributed by atoms with Gasteiger partial charge in [-0.25, -0.2) is 9.18 Å². The summed E-state index contributed by atoms with van der Waals surface area (Å²) in [5.74, 6) is -0.696. The van der Waals surface area contributed by atoms with Crippen molar-refractivity contribution in [1.29, 1.82) is 0 Å². The van der Waals surface area contributed by atoms with Gasteiger partial charge < -0.3 is 19.5 Å². The normalized spacial score (nSPS) is 16.6. The first-order chi connectivity index (χ1) is 13.0. The van der Waals surface area contributed by atoms with Crippen LogP contribution < -0.4 is 10.2 Å². The van der Waals surface area contributed by atoms with Gasteiger partial charge in [-0.15, -0.1) is 0 Å². The lowest BCUT2D eigenvalue weighted by molar-refractivity contribution is -0.119. The highest BCUT2D eigenvalue weighted by Crippen LogP contribution is 2.25. The molecule has 1 N–H and O–H groups in total. The minimum Gasteiger partial charge on any atom is -0.442 e. The molecule has 9 heteroatoms. The second kappa shape index (κ2) is 7.90. The summed E-state index contributed by atoms with van der Waals surface area (Å²) in [6.07, 6.45) is 3.86. The molecule has 1 saturated heterocycles. The minimum absolute atomic E-state index is 0.207. The highest BCUT2D eigenvalue weighted by Gasteiger charge is 2.32. The number of benzene rings is 1. The molecule has 27 heavy (non-hydrogen) atoms. The highest BCUT2D eigenvalue weighted by atomic mass is 19.1. The van der Waals surface area contributed by atoms with E-state index in [0.717, 1.165) is 5.56 Å². The van der Waals surface area contributed by atoms with E-state index in [2.05, 4.69) is 15.3 Å². The molecule has 0 saturated carbocycles. The summed E-state index contributed by atoms with van der Waals surface area (Å²) in [4.78, 5) is 29.0. The number of anilines is 1. The molecule has 0 bridgehead atoms. The van der Waals surface area contributed by atoms with Crippen LogP contribution in [-0.4, -0.2) is 49.1 Å². The van der Waals surface area contributed by atoms with Gasteiger partial charge in [0.05, 0.1) is 30.7 Å². The van der Waals surface area contributed by atoms with Gasteiger partial charge in [0.25, 0.3) is 0 Å². The third-order valence-corrected chi connectivity index (χ3v) is 4.00. The van der Waals surface area contributed by atoms with E-state index in [4.69, 9.17) is 4.74 Å². The van der Waals surface area contributed by atoms with E-state index in [1.165, 1.54) is 31.2 Å². The van der Waals surface area contributed by atoms with E-state index in [0.29, 0.717) is 11.4 Å². The molecule has 0 spiro atoms. The van der Waals surface area contributed by atoms with E-state index in [-0.39, 0.29) is 19.0 Å². The molecule has 2 amide bonds. The number of rotatable bonds is 6. The number of amides is 2. The first-order valence-corrected chi connectivity index (χ1v) is 8.25. The van der Waals surface area contributed by atoms with Crippen LogP contribution in [0.25, 0.3) is 5.69 Å². The van der Waals surface area contributed by atoms with Gasteiger partial charge in [-0.3, -0.25) is 9.69 Å². The number of nitrogens with one attached hydrogen (secondary N) is 1. The zero-order valence-electron chi connectivity index (χ0n) is 14.9. The Morgan fingerprint density at radius 2 is 2.30 bits per heavy atom. The van der Waals surface area contributed by atoms with Crippen molar-refractivity contribution in [2.75, 3.05) is 25.1 Å². The minimum atomic E-state index is -0.573. The fourth-order valence-corrected chi connectivity index (χ4v) is 2.72. The van der Waals surface area contributed by atoms with Gasteiger partial charge in [-0.1, -0.05) is 5.16 Å². The van der Waals surface area contributed by atoms with Crippen molar-refractivity contribution in [3.63, 3.8) is 0 Å².